The zero-order valence-electron chi connectivity index (χ0n) is 15.5. The van der Waals surface area contributed by atoms with Crippen LogP contribution in [-0.4, -0.2) is 42.2 Å². The van der Waals surface area contributed by atoms with E-state index in [-0.39, 0.29) is 12.7 Å². The second kappa shape index (κ2) is 11.6. The fourth-order valence-corrected chi connectivity index (χ4v) is 3.06. The van der Waals surface area contributed by atoms with Crippen molar-refractivity contribution in [2.45, 2.75) is 76.6 Å². The Morgan fingerprint density at radius 1 is 1.08 bits per heavy atom. The lowest BCUT2D eigenvalue weighted by Crippen LogP contribution is -2.26. The minimum Gasteiger partial charge on any atom is -0.394 e. The van der Waals surface area contributed by atoms with E-state index in [1.165, 1.54) is 50.5 Å². The van der Waals surface area contributed by atoms with Crippen LogP contribution in [-0.2, 0) is 15.9 Å². The van der Waals surface area contributed by atoms with Gasteiger partial charge < -0.3 is 19.7 Å². The summed E-state index contributed by atoms with van der Waals surface area (Å²) in [6.45, 7) is 3.12. The Bertz CT molecular complexity index is 455. The van der Waals surface area contributed by atoms with E-state index in [4.69, 9.17) is 9.47 Å². The molecule has 1 fully saturated rings. The molecule has 0 bridgehead atoms. The average molecular weight is 350 g/mol. The number of unbranched alkanes of at least 4 members (excludes halogenated alkanes) is 6. The van der Waals surface area contributed by atoms with Crippen molar-refractivity contribution in [3.63, 3.8) is 0 Å². The number of rotatable bonds is 14. The molecule has 2 N–H and O–H groups in total. The second-order valence-electron chi connectivity index (χ2n) is 7.07. The van der Waals surface area contributed by atoms with E-state index >= 15 is 0 Å². The topological polar surface area (TPSA) is 62.2 Å². The largest absolute Gasteiger partial charge is 0.394 e. The van der Waals surface area contributed by atoms with Crippen LogP contribution >= 0.6 is 0 Å². The Morgan fingerprint density at radius 3 is 2.32 bits per heavy atom. The van der Waals surface area contributed by atoms with Crippen LogP contribution in [0.3, 0.4) is 0 Å². The summed E-state index contributed by atoms with van der Waals surface area (Å²) >= 11 is 0. The number of benzene rings is 1. The quantitative estimate of drug-likeness (QED) is 0.396. The van der Waals surface area contributed by atoms with Crippen LogP contribution in [0, 0.1) is 0 Å². The zero-order valence-corrected chi connectivity index (χ0v) is 15.5. The molecule has 3 atom stereocenters. The summed E-state index contributed by atoms with van der Waals surface area (Å²) in [4.78, 5) is 0. The van der Waals surface area contributed by atoms with Gasteiger partial charge in [0.2, 0.25) is 0 Å². The first-order valence-electron chi connectivity index (χ1n) is 9.85. The highest BCUT2D eigenvalue weighted by molar-refractivity contribution is 5.25. The second-order valence-corrected chi connectivity index (χ2v) is 7.07. The maximum Gasteiger partial charge on any atom is 0.111 e. The van der Waals surface area contributed by atoms with Crippen molar-refractivity contribution in [1.29, 1.82) is 0 Å². The van der Waals surface area contributed by atoms with Gasteiger partial charge in [-0.05, 0) is 24.0 Å². The maximum absolute atomic E-state index is 10.0. The molecule has 4 nitrogen and oxygen atoms in total. The summed E-state index contributed by atoms with van der Waals surface area (Å²) in [5.74, 6) is 0. The van der Waals surface area contributed by atoms with Gasteiger partial charge in [-0.2, -0.15) is 0 Å². The number of ether oxygens (including phenoxy) is 2. The molecule has 142 valence electrons. The lowest BCUT2D eigenvalue weighted by molar-refractivity contribution is -0.0634. The molecule has 1 saturated heterocycles. The average Bonchev–Trinajstić information content (AvgIpc) is 3.46. The van der Waals surface area contributed by atoms with E-state index in [9.17, 15) is 10.2 Å². The van der Waals surface area contributed by atoms with Crippen LogP contribution in [0.5, 0.6) is 0 Å². The highest BCUT2D eigenvalue weighted by Crippen LogP contribution is 2.24. The number of epoxide rings is 1. The molecule has 25 heavy (non-hydrogen) atoms. The summed E-state index contributed by atoms with van der Waals surface area (Å²) < 4.78 is 10.9. The van der Waals surface area contributed by atoms with Crippen molar-refractivity contribution in [1.82, 2.24) is 0 Å². The first-order chi connectivity index (χ1) is 12.2. The minimum absolute atomic E-state index is 0.144. The molecule has 0 saturated carbocycles. The molecule has 0 spiro atoms. The molecule has 1 aromatic carbocycles. The van der Waals surface area contributed by atoms with E-state index in [2.05, 4.69) is 19.1 Å². The molecule has 3 unspecified atom stereocenters. The van der Waals surface area contributed by atoms with Crippen molar-refractivity contribution in [3.8, 4) is 0 Å². The first kappa shape index (κ1) is 20.4. The predicted octanol–water partition coefficient (Wildman–Crippen LogP) is 3.79. The lowest BCUT2D eigenvalue weighted by Gasteiger charge is -2.22. The first-order valence-corrected chi connectivity index (χ1v) is 9.85. The third-order valence-electron chi connectivity index (χ3n) is 4.78. The van der Waals surface area contributed by atoms with Crippen LogP contribution in [0.4, 0.5) is 0 Å². The Balaban J connectivity index is 1.74. The van der Waals surface area contributed by atoms with Crippen molar-refractivity contribution in [3.05, 3.63) is 35.4 Å². The molecule has 1 aliphatic heterocycles. The van der Waals surface area contributed by atoms with E-state index < -0.39 is 12.2 Å². The molecule has 1 aromatic rings. The standard InChI is InChI=1S/C21H34O4/c1-2-3-4-5-6-7-8-9-17-10-12-18(13-11-17)21(20(23)14-22)25-16-19-15-24-19/h10-13,19-23H,2-9,14-16H2,1H3. The van der Waals surface area contributed by atoms with Crippen molar-refractivity contribution >= 4 is 0 Å². The Kier molecular flexibility index (Phi) is 9.48. The number of aliphatic hydroxyl groups excluding tert-OH is 2. The molecule has 0 amide bonds. The summed E-state index contributed by atoms with van der Waals surface area (Å²) in [5, 5.41) is 19.3. The van der Waals surface area contributed by atoms with Crippen LogP contribution in [0.25, 0.3) is 0 Å². The minimum atomic E-state index is -0.910. The Hall–Kier alpha value is -0.940. The van der Waals surface area contributed by atoms with Gasteiger partial charge in [-0.15, -0.1) is 0 Å². The molecule has 2 rings (SSSR count). The van der Waals surface area contributed by atoms with Gasteiger partial charge >= 0.3 is 0 Å². The summed E-state index contributed by atoms with van der Waals surface area (Å²) in [6, 6.07) is 8.24. The highest BCUT2D eigenvalue weighted by Gasteiger charge is 2.27. The van der Waals surface area contributed by atoms with Gasteiger partial charge in [-0.25, -0.2) is 0 Å². The van der Waals surface area contributed by atoms with Gasteiger partial charge in [0.15, 0.2) is 0 Å². The predicted molar refractivity (Wildman–Crippen MR) is 99.7 cm³/mol. The molecular formula is C21H34O4. The molecule has 0 aliphatic carbocycles. The third kappa shape index (κ3) is 7.87. The van der Waals surface area contributed by atoms with Crippen LogP contribution in [0.2, 0.25) is 0 Å². The van der Waals surface area contributed by atoms with E-state index in [0.29, 0.717) is 6.61 Å². The van der Waals surface area contributed by atoms with E-state index in [0.717, 1.165) is 18.6 Å². The molecule has 0 radical (unpaired) electrons. The monoisotopic (exact) mass is 350 g/mol. The van der Waals surface area contributed by atoms with E-state index in [1.807, 2.05) is 12.1 Å². The van der Waals surface area contributed by atoms with Gasteiger partial charge in [0, 0.05) is 0 Å². The van der Waals surface area contributed by atoms with Crippen LogP contribution in [0.15, 0.2) is 24.3 Å². The fourth-order valence-electron chi connectivity index (χ4n) is 3.06. The van der Waals surface area contributed by atoms with Crippen molar-refractivity contribution in [2.24, 2.45) is 0 Å². The van der Waals surface area contributed by atoms with Gasteiger partial charge in [0.25, 0.3) is 0 Å². The SMILES string of the molecule is CCCCCCCCCc1ccc(C(OCC2CO2)C(O)CO)cc1. The van der Waals surface area contributed by atoms with E-state index in [1.54, 1.807) is 0 Å². The zero-order chi connectivity index (χ0) is 17.9. The highest BCUT2D eigenvalue weighted by atomic mass is 16.6. The van der Waals surface area contributed by atoms with Crippen LogP contribution in [0.1, 0.15) is 69.1 Å². The summed E-state index contributed by atoms with van der Waals surface area (Å²) in [7, 11) is 0. The fraction of sp³-hybridized carbons (Fsp3) is 0.714. The summed E-state index contributed by atoms with van der Waals surface area (Å²) in [5.41, 5.74) is 2.23. The molecule has 1 aliphatic rings. The Labute approximate surface area is 152 Å². The molecule has 4 heteroatoms. The number of hydrogen-bond donors (Lipinski definition) is 2. The lowest BCUT2D eigenvalue weighted by atomic mass is 10.00. The number of hydrogen-bond acceptors (Lipinski definition) is 4. The molecular weight excluding hydrogens is 316 g/mol. The summed E-state index contributed by atoms with van der Waals surface area (Å²) in [6.07, 6.45) is 9.07. The van der Waals surface area contributed by atoms with Crippen molar-refractivity contribution < 1.29 is 19.7 Å². The molecule has 1 heterocycles. The van der Waals surface area contributed by atoms with Gasteiger partial charge in [0.05, 0.1) is 19.8 Å². The van der Waals surface area contributed by atoms with Crippen molar-refractivity contribution in [2.75, 3.05) is 19.8 Å². The number of aryl methyl sites for hydroxylation is 1. The molecule has 0 aromatic heterocycles. The normalized spacial score (nSPS) is 18.9. The smallest absolute Gasteiger partial charge is 0.111 e. The maximum atomic E-state index is 10.0. The van der Waals surface area contributed by atoms with Gasteiger partial charge in [-0.3, -0.25) is 0 Å². The van der Waals surface area contributed by atoms with Gasteiger partial charge in [-0.1, -0.05) is 69.7 Å². The Morgan fingerprint density at radius 2 is 1.72 bits per heavy atom. The van der Waals surface area contributed by atoms with Gasteiger partial charge in [0.1, 0.15) is 18.3 Å². The van der Waals surface area contributed by atoms with Crippen LogP contribution < -0.4 is 0 Å². The number of aliphatic hydroxyl groups is 2. The third-order valence-corrected chi connectivity index (χ3v) is 4.78.